The number of hydrogen-bond donors (Lipinski definition) is 1. The molecular formula is C10H8N4OS. The van der Waals surface area contributed by atoms with Crippen LogP contribution in [-0.2, 0) is 11.5 Å². The molecule has 0 saturated carbocycles. The van der Waals surface area contributed by atoms with Crippen LogP contribution in [0.25, 0.3) is 11.5 Å². The Labute approximate surface area is 95.4 Å². The van der Waals surface area contributed by atoms with E-state index in [0.29, 0.717) is 11.5 Å². The first-order chi connectivity index (χ1) is 7.84. The third-order valence-electron chi connectivity index (χ3n) is 2.39. The van der Waals surface area contributed by atoms with Gasteiger partial charge in [0.1, 0.15) is 5.69 Å². The summed E-state index contributed by atoms with van der Waals surface area (Å²) in [5.41, 5.74) is 2.20. The molecule has 80 valence electrons. The van der Waals surface area contributed by atoms with Crippen LogP contribution in [0.15, 0.2) is 23.4 Å². The summed E-state index contributed by atoms with van der Waals surface area (Å²) in [5.74, 6) is 2.05. The first-order valence-electron chi connectivity index (χ1n) is 4.81. The second-order valence-corrected chi connectivity index (χ2v) is 4.41. The maximum atomic E-state index is 11.7. The number of nitrogens with one attached hydrogen (secondary N) is 1. The van der Waals surface area contributed by atoms with Crippen molar-refractivity contribution in [3.8, 4) is 11.5 Å². The van der Waals surface area contributed by atoms with Crippen molar-refractivity contribution in [3.05, 3.63) is 40.2 Å². The summed E-state index contributed by atoms with van der Waals surface area (Å²) in [7, 11) is 0. The highest BCUT2D eigenvalue weighted by Gasteiger charge is 2.18. The standard InChI is InChI=1S/C10H8N4OS/c15-10-6-4-16-5-8(6)13-9(14-10)7-3-11-1-2-12-7/h1-3H,4-5H2,(H,13,14,15). The second kappa shape index (κ2) is 3.71. The molecule has 6 heteroatoms. The number of hydrogen-bond acceptors (Lipinski definition) is 5. The predicted molar refractivity (Wildman–Crippen MR) is 60.9 cm³/mol. The lowest BCUT2D eigenvalue weighted by molar-refractivity contribution is 1.01. The van der Waals surface area contributed by atoms with Gasteiger partial charge < -0.3 is 4.98 Å². The van der Waals surface area contributed by atoms with E-state index in [9.17, 15) is 4.79 Å². The molecule has 3 heterocycles. The van der Waals surface area contributed by atoms with Gasteiger partial charge in [-0.1, -0.05) is 0 Å². The van der Waals surface area contributed by atoms with Gasteiger partial charge in [-0.3, -0.25) is 9.78 Å². The number of thioether (sulfide) groups is 1. The minimum Gasteiger partial charge on any atom is -0.305 e. The number of aromatic amines is 1. The van der Waals surface area contributed by atoms with E-state index in [1.165, 1.54) is 0 Å². The van der Waals surface area contributed by atoms with E-state index in [0.717, 1.165) is 22.8 Å². The molecule has 0 fully saturated rings. The van der Waals surface area contributed by atoms with Crippen molar-refractivity contribution < 1.29 is 0 Å². The van der Waals surface area contributed by atoms with E-state index in [1.54, 1.807) is 30.4 Å². The van der Waals surface area contributed by atoms with Crippen molar-refractivity contribution in [1.29, 1.82) is 0 Å². The second-order valence-electron chi connectivity index (χ2n) is 3.42. The fourth-order valence-electron chi connectivity index (χ4n) is 1.61. The van der Waals surface area contributed by atoms with E-state index in [-0.39, 0.29) is 5.56 Å². The van der Waals surface area contributed by atoms with Crippen LogP contribution in [0.5, 0.6) is 0 Å². The van der Waals surface area contributed by atoms with Crippen molar-refractivity contribution in [3.63, 3.8) is 0 Å². The molecule has 16 heavy (non-hydrogen) atoms. The maximum absolute atomic E-state index is 11.7. The minimum absolute atomic E-state index is 0.0596. The predicted octanol–water partition coefficient (Wildman–Crippen LogP) is 0.974. The molecular weight excluding hydrogens is 224 g/mol. The van der Waals surface area contributed by atoms with Crippen LogP contribution in [0.4, 0.5) is 0 Å². The average Bonchev–Trinajstić information content (AvgIpc) is 2.79. The summed E-state index contributed by atoms with van der Waals surface area (Å²) >= 11 is 1.70. The monoisotopic (exact) mass is 232 g/mol. The first kappa shape index (κ1) is 9.53. The van der Waals surface area contributed by atoms with Gasteiger partial charge in [0.15, 0.2) is 5.82 Å². The van der Waals surface area contributed by atoms with Gasteiger partial charge in [-0.15, -0.1) is 0 Å². The zero-order valence-corrected chi connectivity index (χ0v) is 9.12. The van der Waals surface area contributed by atoms with Gasteiger partial charge in [-0.05, 0) is 0 Å². The number of nitrogens with zero attached hydrogens (tertiary/aromatic N) is 3. The highest BCUT2D eigenvalue weighted by Crippen LogP contribution is 2.26. The molecule has 2 aromatic rings. The number of rotatable bonds is 1. The summed E-state index contributed by atoms with van der Waals surface area (Å²) in [4.78, 5) is 27.0. The third-order valence-corrected chi connectivity index (χ3v) is 3.36. The normalized spacial score (nSPS) is 13.8. The molecule has 0 saturated heterocycles. The van der Waals surface area contributed by atoms with Crippen molar-refractivity contribution in [1.82, 2.24) is 19.9 Å². The van der Waals surface area contributed by atoms with Crippen molar-refractivity contribution in [2.75, 3.05) is 0 Å². The molecule has 3 rings (SSSR count). The van der Waals surface area contributed by atoms with Crippen molar-refractivity contribution >= 4 is 11.8 Å². The summed E-state index contributed by atoms with van der Waals surface area (Å²) in [5, 5.41) is 0. The average molecular weight is 232 g/mol. The molecule has 1 aliphatic heterocycles. The topological polar surface area (TPSA) is 71.5 Å². The fourth-order valence-corrected chi connectivity index (χ4v) is 2.64. The summed E-state index contributed by atoms with van der Waals surface area (Å²) in [6, 6.07) is 0. The Hall–Kier alpha value is -1.69. The molecule has 5 nitrogen and oxygen atoms in total. The fraction of sp³-hybridized carbons (Fsp3) is 0.200. The lowest BCUT2D eigenvalue weighted by Crippen LogP contribution is -2.15. The Bertz CT molecular complexity index is 581. The SMILES string of the molecule is O=c1[nH]c(-c2cnccn2)nc2c1CSC2. The number of fused-ring (bicyclic) bond motifs is 1. The zero-order valence-electron chi connectivity index (χ0n) is 8.30. The molecule has 0 amide bonds. The molecule has 0 aliphatic carbocycles. The van der Waals surface area contributed by atoms with E-state index in [4.69, 9.17) is 0 Å². The zero-order chi connectivity index (χ0) is 11.0. The smallest absolute Gasteiger partial charge is 0.255 e. The van der Waals surface area contributed by atoms with Gasteiger partial charge in [-0.25, -0.2) is 9.97 Å². The van der Waals surface area contributed by atoms with Crippen LogP contribution in [0.3, 0.4) is 0 Å². The summed E-state index contributed by atoms with van der Waals surface area (Å²) in [6.45, 7) is 0. The lowest BCUT2D eigenvalue weighted by atomic mass is 10.2. The number of aromatic nitrogens is 4. The van der Waals surface area contributed by atoms with Gasteiger partial charge in [-0.2, -0.15) is 11.8 Å². The maximum Gasteiger partial charge on any atom is 0.255 e. The molecule has 1 N–H and O–H groups in total. The molecule has 0 unspecified atom stereocenters. The van der Waals surface area contributed by atoms with Crippen LogP contribution in [0.2, 0.25) is 0 Å². The van der Waals surface area contributed by atoms with E-state index in [2.05, 4.69) is 19.9 Å². The molecule has 2 aromatic heterocycles. The van der Waals surface area contributed by atoms with Gasteiger partial charge in [0.25, 0.3) is 5.56 Å². The molecule has 0 radical (unpaired) electrons. The Balaban J connectivity index is 2.17. The minimum atomic E-state index is -0.0596. The third kappa shape index (κ3) is 1.51. The van der Waals surface area contributed by atoms with Gasteiger partial charge in [0.05, 0.1) is 11.9 Å². The van der Waals surface area contributed by atoms with E-state index >= 15 is 0 Å². The van der Waals surface area contributed by atoms with Gasteiger partial charge in [0, 0.05) is 29.5 Å². The van der Waals surface area contributed by atoms with Crippen molar-refractivity contribution in [2.45, 2.75) is 11.5 Å². The van der Waals surface area contributed by atoms with Gasteiger partial charge in [0.2, 0.25) is 0 Å². The van der Waals surface area contributed by atoms with Crippen molar-refractivity contribution in [2.24, 2.45) is 0 Å². The molecule has 0 aromatic carbocycles. The molecule has 0 atom stereocenters. The van der Waals surface area contributed by atoms with E-state index < -0.39 is 0 Å². The highest BCUT2D eigenvalue weighted by atomic mass is 32.2. The lowest BCUT2D eigenvalue weighted by Gasteiger charge is -2.01. The Morgan fingerprint density at radius 1 is 1.31 bits per heavy atom. The molecule has 1 aliphatic rings. The Kier molecular flexibility index (Phi) is 2.21. The van der Waals surface area contributed by atoms with Gasteiger partial charge >= 0.3 is 0 Å². The quantitative estimate of drug-likeness (QED) is 0.793. The molecule has 0 bridgehead atoms. The van der Waals surface area contributed by atoms with Crippen LogP contribution in [0, 0.1) is 0 Å². The first-order valence-corrected chi connectivity index (χ1v) is 5.96. The largest absolute Gasteiger partial charge is 0.305 e. The van der Waals surface area contributed by atoms with Crippen LogP contribution in [0.1, 0.15) is 11.3 Å². The molecule has 0 spiro atoms. The highest BCUT2D eigenvalue weighted by molar-refractivity contribution is 7.98. The Morgan fingerprint density at radius 3 is 3.06 bits per heavy atom. The summed E-state index contributed by atoms with van der Waals surface area (Å²) in [6.07, 6.45) is 4.76. The van der Waals surface area contributed by atoms with E-state index in [1.807, 2.05) is 0 Å². The van der Waals surface area contributed by atoms with Crippen LogP contribution >= 0.6 is 11.8 Å². The Morgan fingerprint density at radius 2 is 2.25 bits per heavy atom. The van der Waals surface area contributed by atoms with Crippen LogP contribution < -0.4 is 5.56 Å². The summed E-state index contributed by atoms with van der Waals surface area (Å²) < 4.78 is 0. The number of H-pyrrole nitrogens is 1. The van der Waals surface area contributed by atoms with Crippen LogP contribution in [-0.4, -0.2) is 19.9 Å².